The lowest BCUT2D eigenvalue weighted by atomic mass is 9.78. The number of aromatic amines is 1. The van der Waals surface area contributed by atoms with Gasteiger partial charge in [-0.3, -0.25) is 0 Å². The summed E-state index contributed by atoms with van der Waals surface area (Å²) in [4.78, 5) is 0. The van der Waals surface area contributed by atoms with Crippen molar-refractivity contribution in [1.29, 1.82) is 0 Å². The van der Waals surface area contributed by atoms with E-state index in [1.807, 2.05) is 0 Å². The minimum atomic E-state index is -4.40. The molecule has 2 aliphatic rings. The summed E-state index contributed by atoms with van der Waals surface area (Å²) in [5, 5.41) is 21.5. The lowest BCUT2D eigenvalue weighted by Crippen LogP contribution is -2.42. The number of thiol groups is 1. The molecule has 2 aliphatic carbocycles. The highest BCUT2D eigenvalue weighted by Crippen LogP contribution is 2.40. The van der Waals surface area contributed by atoms with Gasteiger partial charge < -0.3 is 11.1 Å². The van der Waals surface area contributed by atoms with Crippen molar-refractivity contribution in [3.8, 4) is 11.4 Å². The molecule has 4 rings (SSSR count). The Kier molecular flexibility index (Phi) is 10.0. The highest BCUT2D eigenvalue weighted by molar-refractivity contribution is 7.69. The Morgan fingerprint density at radius 2 is 1.63 bits per heavy atom. The molecule has 0 radical (unpaired) electrons. The molecule has 2 saturated carbocycles. The number of halogens is 3. The fourth-order valence-electron chi connectivity index (χ4n) is 5.32. The summed E-state index contributed by atoms with van der Waals surface area (Å²) in [6, 6.07) is 5.02. The molecule has 9 nitrogen and oxygen atoms in total. The van der Waals surface area contributed by atoms with Gasteiger partial charge in [-0.25, -0.2) is 18.7 Å². The van der Waals surface area contributed by atoms with Crippen LogP contribution in [-0.2, 0) is 17.1 Å². The molecule has 6 N–H and O–H groups in total. The third-order valence-electron chi connectivity index (χ3n) is 7.04. The number of benzene rings is 1. The summed E-state index contributed by atoms with van der Waals surface area (Å²) in [5.74, 6) is 1.28. The Morgan fingerprint density at radius 1 is 1.03 bits per heavy atom. The van der Waals surface area contributed by atoms with Gasteiger partial charge in [0.25, 0.3) is 0 Å². The van der Waals surface area contributed by atoms with Gasteiger partial charge in [-0.2, -0.15) is 13.2 Å². The first-order valence-electron chi connectivity index (χ1n) is 12.0. The van der Waals surface area contributed by atoms with Crippen LogP contribution in [-0.4, -0.2) is 47.7 Å². The zero-order valence-electron chi connectivity index (χ0n) is 19.5. The molecule has 1 aromatic heterocycles. The second kappa shape index (κ2) is 12.7. The lowest BCUT2D eigenvalue weighted by molar-refractivity contribution is -0.137. The SMILES string of the molecule is NCCC1CCC(NC2CCC(c3ccc(C(F)(F)F)cc3-c3nnn[nH]3)CC2)CC1.N[SH](=O)=O. The maximum Gasteiger partial charge on any atom is 0.416 e. The van der Waals surface area contributed by atoms with Gasteiger partial charge >= 0.3 is 6.18 Å². The van der Waals surface area contributed by atoms with Crippen molar-refractivity contribution < 1.29 is 21.6 Å². The molecule has 0 saturated heterocycles. The van der Waals surface area contributed by atoms with Crippen LogP contribution in [0.1, 0.15) is 74.8 Å². The van der Waals surface area contributed by atoms with Crippen LogP contribution in [0.5, 0.6) is 0 Å². The standard InChI is InChI=1S/C22H31F3N6.H3NO2S/c23-22(24,25)16-5-10-19(20(13-16)21-28-30-31-29-21)15-3-8-18(9-4-15)27-17-6-1-14(2-7-17)11-12-26;1-4(2)3/h5,10,13-15,17-18,27H,1-4,6-9,11-12,26H2,(H,28,29,30,31);4H,(H2,1,2,3). The van der Waals surface area contributed by atoms with E-state index < -0.39 is 22.6 Å². The first kappa shape index (κ1) is 27.5. The molecule has 2 aromatic rings. The van der Waals surface area contributed by atoms with Gasteiger partial charge in [0.2, 0.25) is 0 Å². The summed E-state index contributed by atoms with van der Waals surface area (Å²) in [6.45, 7) is 0.781. The number of alkyl halides is 3. The first-order valence-corrected chi connectivity index (χ1v) is 13.2. The summed E-state index contributed by atoms with van der Waals surface area (Å²) < 4.78 is 57.4. The van der Waals surface area contributed by atoms with E-state index in [2.05, 4.69) is 31.1 Å². The fourth-order valence-corrected chi connectivity index (χ4v) is 5.32. The zero-order valence-corrected chi connectivity index (χ0v) is 20.4. The van der Waals surface area contributed by atoms with E-state index in [9.17, 15) is 13.2 Å². The fraction of sp³-hybridized carbons (Fsp3) is 0.682. The smallest absolute Gasteiger partial charge is 0.330 e. The van der Waals surface area contributed by atoms with Crippen LogP contribution in [0.25, 0.3) is 11.4 Å². The summed E-state index contributed by atoms with van der Waals surface area (Å²) in [6.07, 6.45) is 5.62. The predicted octanol–water partition coefficient (Wildman–Crippen LogP) is 2.88. The second-order valence-electron chi connectivity index (χ2n) is 9.35. The third-order valence-corrected chi connectivity index (χ3v) is 7.04. The molecule has 0 unspecified atom stereocenters. The average Bonchev–Trinajstić information content (AvgIpc) is 3.35. The van der Waals surface area contributed by atoms with Crippen molar-refractivity contribution in [2.24, 2.45) is 16.8 Å². The van der Waals surface area contributed by atoms with Crippen LogP contribution in [0.4, 0.5) is 13.2 Å². The van der Waals surface area contributed by atoms with Gasteiger partial charge in [-0.05, 0) is 104 Å². The quantitative estimate of drug-likeness (QED) is 0.369. The van der Waals surface area contributed by atoms with Crippen LogP contribution >= 0.6 is 0 Å². The zero-order chi connectivity index (χ0) is 25.4. The van der Waals surface area contributed by atoms with Crippen LogP contribution < -0.4 is 16.2 Å². The van der Waals surface area contributed by atoms with Crippen molar-refractivity contribution in [1.82, 2.24) is 25.9 Å². The van der Waals surface area contributed by atoms with Gasteiger partial charge in [-0.1, -0.05) is 6.07 Å². The highest BCUT2D eigenvalue weighted by Gasteiger charge is 2.33. The molecular weight excluding hydrogens is 483 g/mol. The topological polar surface area (TPSA) is 153 Å². The minimum absolute atomic E-state index is 0.209. The molecule has 1 heterocycles. The number of hydrogen-bond donors (Lipinski definition) is 5. The Balaban J connectivity index is 0.000000795. The Morgan fingerprint density at radius 3 is 2.14 bits per heavy atom. The number of aromatic nitrogens is 4. The van der Waals surface area contributed by atoms with Crippen LogP contribution in [0.2, 0.25) is 0 Å². The molecule has 1 aromatic carbocycles. The van der Waals surface area contributed by atoms with Gasteiger partial charge in [0, 0.05) is 17.6 Å². The maximum atomic E-state index is 13.2. The number of tetrazole rings is 1. The molecule has 196 valence electrons. The van der Waals surface area contributed by atoms with Crippen LogP contribution in [0, 0.1) is 5.92 Å². The third kappa shape index (κ3) is 8.23. The van der Waals surface area contributed by atoms with Crippen molar-refractivity contribution in [3.63, 3.8) is 0 Å². The monoisotopic (exact) mass is 517 g/mol. The molecule has 0 amide bonds. The molecule has 0 atom stereocenters. The van der Waals surface area contributed by atoms with E-state index in [0.29, 0.717) is 17.6 Å². The van der Waals surface area contributed by atoms with Crippen molar-refractivity contribution >= 4 is 10.9 Å². The normalized spacial score (nSPS) is 25.2. The largest absolute Gasteiger partial charge is 0.416 e. The summed E-state index contributed by atoms with van der Waals surface area (Å²) in [5.41, 5.74) is 6.36. The van der Waals surface area contributed by atoms with Gasteiger partial charge in [0.1, 0.15) is 0 Å². The summed E-state index contributed by atoms with van der Waals surface area (Å²) >= 11 is 0. The molecular formula is C22H34F3N7O2S. The predicted molar refractivity (Wildman–Crippen MR) is 127 cm³/mol. The highest BCUT2D eigenvalue weighted by atomic mass is 32.2. The second-order valence-corrected chi connectivity index (χ2v) is 9.92. The molecule has 2 fully saturated rings. The molecule has 0 spiro atoms. The van der Waals surface area contributed by atoms with E-state index >= 15 is 0 Å². The van der Waals surface area contributed by atoms with Gasteiger partial charge in [-0.15, -0.1) is 5.10 Å². The number of rotatable bonds is 6. The van der Waals surface area contributed by atoms with E-state index in [4.69, 9.17) is 14.2 Å². The minimum Gasteiger partial charge on any atom is -0.330 e. The number of nitrogens with zero attached hydrogens (tertiary/aromatic N) is 3. The van der Waals surface area contributed by atoms with Gasteiger partial charge in [0.05, 0.1) is 5.56 Å². The van der Waals surface area contributed by atoms with E-state index in [0.717, 1.165) is 50.1 Å². The number of H-pyrrole nitrogens is 1. The Bertz CT molecular complexity index is 977. The van der Waals surface area contributed by atoms with Crippen molar-refractivity contribution in [2.75, 3.05) is 6.54 Å². The maximum absolute atomic E-state index is 13.2. The number of nitrogens with two attached hydrogens (primary N) is 2. The van der Waals surface area contributed by atoms with Crippen molar-refractivity contribution in [2.45, 2.75) is 82.0 Å². The van der Waals surface area contributed by atoms with Crippen LogP contribution in [0.3, 0.4) is 0 Å². The molecule has 0 aliphatic heterocycles. The first-order chi connectivity index (χ1) is 16.7. The van der Waals surface area contributed by atoms with Gasteiger partial charge in [0.15, 0.2) is 16.7 Å². The Labute approximate surface area is 204 Å². The molecule has 13 heteroatoms. The Hall–Kier alpha value is -2.09. The van der Waals surface area contributed by atoms with Crippen molar-refractivity contribution in [3.05, 3.63) is 29.3 Å². The lowest BCUT2D eigenvalue weighted by Gasteiger charge is -2.36. The average molecular weight is 518 g/mol. The molecule has 35 heavy (non-hydrogen) atoms. The molecule has 0 bridgehead atoms. The van der Waals surface area contributed by atoms with E-state index in [-0.39, 0.29) is 11.7 Å². The van der Waals surface area contributed by atoms with E-state index in [1.54, 1.807) is 6.07 Å². The van der Waals surface area contributed by atoms with E-state index in [1.165, 1.54) is 37.8 Å². The number of hydrogen-bond acceptors (Lipinski definition) is 7. The number of nitrogens with one attached hydrogen (secondary N) is 2. The van der Waals surface area contributed by atoms with Crippen LogP contribution in [0.15, 0.2) is 18.2 Å². The summed E-state index contributed by atoms with van der Waals surface area (Å²) in [7, 11) is -2.62.